The number of carbonyl (C=O) groups is 1. The molecule has 1 amide bonds. The third-order valence-electron chi connectivity index (χ3n) is 5.42. The van der Waals surface area contributed by atoms with Gasteiger partial charge in [-0.05, 0) is 48.0 Å². The zero-order chi connectivity index (χ0) is 27.9. The fourth-order valence-electron chi connectivity index (χ4n) is 3.53. The van der Waals surface area contributed by atoms with Crippen molar-refractivity contribution >= 4 is 51.9 Å². The predicted molar refractivity (Wildman–Crippen MR) is 144 cm³/mol. The van der Waals surface area contributed by atoms with Gasteiger partial charge in [0.15, 0.2) is 0 Å². The summed E-state index contributed by atoms with van der Waals surface area (Å²) in [6, 6.07) is 22.1. The van der Waals surface area contributed by atoms with Crippen molar-refractivity contribution in [2.75, 3.05) is 10.6 Å². The molecular weight excluding hydrogens is 508 g/mol. The minimum Gasteiger partial charge on any atom is -0.348 e. The van der Waals surface area contributed by atoms with Crippen molar-refractivity contribution in [3.63, 3.8) is 0 Å². The molecule has 0 fully saturated rings. The molecule has 2 N–H and O–H groups in total. The zero-order valence-corrected chi connectivity index (χ0v) is 19.9. The monoisotopic (exact) mass is 526 g/mol. The van der Waals surface area contributed by atoms with Crippen molar-refractivity contribution in [1.29, 1.82) is 0 Å². The molecule has 0 saturated carbocycles. The highest BCUT2D eigenvalue weighted by Gasteiger charge is 2.26. The summed E-state index contributed by atoms with van der Waals surface area (Å²) in [5, 5.41) is 39.7. The summed E-state index contributed by atoms with van der Waals surface area (Å²) >= 11 is 0. The number of nitro benzene ring substituents is 3. The Hall–Kier alpha value is -5.98. The lowest BCUT2D eigenvalue weighted by Crippen LogP contribution is -2.13. The van der Waals surface area contributed by atoms with Gasteiger partial charge in [-0.3, -0.25) is 40.1 Å². The normalized spacial score (nSPS) is 10.7. The number of non-ortho nitro benzene ring substituents is 1. The topological polar surface area (TPSA) is 183 Å². The number of amides is 1. The summed E-state index contributed by atoms with van der Waals surface area (Å²) in [6.45, 7) is 0. The summed E-state index contributed by atoms with van der Waals surface area (Å²) in [6.07, 6.45) is 1.46. The largest absolute Gasteiger partial charge is 0.348 e. The van der Waals surface area contributed by atoms with E-state index in [9.17, 15) is 35.1 Å². The molecule has 0 heterocycles. The Balaban J connectivity index is 1.69. The van der Waals surface area contributed by atoms with Crippen LogP contribution in [0, 0.1) is 30.3 Å². The van der Waals surface area contributed by atoms with Crippen LogP contribution >= 0.6 is 0 Å². The van der Waals surface area contributed by atoms with E-state index < -0.39 is 32.1 Å². The molecule has 0 aliphatic rings. The van der Waals surface area contributed by atoms with Crippen LogP contribution in [0.4, 0.5) is 39.8 Å². The van der Waals surface area contributed by atoms with Crippen LogP contribution in [0.15, 0.2) is 96.0 Å². The van der Waals surface area contributed by atoms with Crippen molar-refractivity contribution in [3.05, 3.63) is 132 Å². The Morgan fingerprint density at radius 1 is 0.692 bits per heavy atom. The lowest BCUT2D eigenvalue weighted by Gasteiger charge is -2.12. The number of nitrogens with zero attached hydrogens (tertiary/aromatic N) is 4. The second kappa shape index (κ2) is 11.4. The van der Waals surface area contributed by atoms with Gasteiger partial charge < -0.3 is 10.6 Å². The van der Waals surface area contributed by atoms with E-state index in [1.165, 1.54) is 42.6 Å². The maximum Gasteiger partial charge on any atom is 0.299 e. The van der Waals surface area contributed by atoms with Crippen molar-refractivity contribution in [2.24, 2.45) is 4.99 Å². The Kier molecular flexibility index (Phi) is 7.62. The van der Waals surface area contributed by atoms with Gasteiger partial charge in [-0.15, -0.1) is 0 Å². The molecule has 4 rings (SSSR count). The molecule has 194 valence electrons. The Labute approximate surface area is 219 Å². The highest BCUT2D eigenvalue weighted by atomic mass is 16.6. The standard InChI is InChI=1S/C26H18N6O7/c33-26(18-6-2-1-3-7-18)29-23-14-22(24(31(36)37)15-25(23)32(38)39)28-21-9-5-4-8-20(21)27-16-17-10-12-19(13-11-17)30(34)35/h1-16,28H,(H,29,33). The van der Waals surface area contributed by atoms with Gasteiger partial charge in [0.25, 0.3) is 23.0 Å². The first-order valence-corrected chi connectivity index (χ1v) is 11.2. The van der Waals surface area contributed by atoms with Crippen molar-refractivity contribution in [3.8, 4) is 0 Å². The van der Waals surface area contributed by atoms with E-state index >= 15 is 0 Å². The maximum absolute atomic E-state index is 12.7. The summed E-state index contributed by atoms with van der Waals surface area (Å²) < 4.78 is 0. The van der Waals surface area contributed by atoms with Crippen LogP contribution in [0.5, 0.6) is 0 Å². The van der Waals surface area contributed by atoms with Crippen LogP contribution in [0.2, 0.25) is 0 Å². The van der Waals surface area contributed by atoms with Gasteiger partial charge in [0.1, 0.15) is 11.4 Å². The molecule has 4 aromatic carbocycles. The van der Waals surface area contributed by atoms with Crippen LogP contribution < -0.4 is 10.6 Å². The predicted octanol–water partition coefficient (Wildman–Crippen LogP) is 6.16. The van der Waals surface area contributed by atoms with E-state index in [2.05, 4.69) is 15.6 Å². The van der Waals surface area contributed by atoms with Crippen molar-refractivity contribution < 1.29 is 19.6 Å². The second-order valence-electron chi connectivity index (χ2n) is 7.97. The van der Waals surface area contributed by atoms with Gasteiger partial charge in [-0.2, -0.15) is 0 Å². The third kappa shape index (κ3) is 6.24. The van der Waals surface area contributed by atoms with Gasteiger partial charge in [-0.25, -0.2) is 0 Å². The average Bonchev–Trinajstić information content (AvgIpc) is 2.93. The molecule has 0 spiro atoms. The van der Waals surface area contributed by atoms with Gasteiger partial charge in [0.05, 0.1) is 32.2 Å². The van der Waals surface area contributed by atoms with Gasteiger partial charge in [-0.1, -0.05) is 30.3 Å². The number of hydrogen-bond acceptors (Lipinski definition) is 9. The molecule has 0 radical (unpaired) electrons. The number of para-hydroxylation sites is 2. The van der Waals surface area contributed by atoms with Crippen LogP contribution in [-0.2, 0) is 0 Å². The smallest absolute Gasteiger partial charge is 0.299 e. The molecule has 0 aromatic heterocycles. The molecule has 0 aliphatic carbocycles. The van der Waals surface area contributed by atoms with Crippen LogP contribution in [-0.4, -0.2) is 26.9 Å². The highest BCUT2D eigenvalue weighted by molar-refractivity contribution is 6.06. The van der Waals surface area contributed by atoms with Crippen molar-refractivity contribution in [2.45, 2.75) is 0 Å². The summed E-state index contributed by atoms with van der Waals surface area (Å²) in [4.78, 5) is 49.2. The number of aliphatic imine (C=N–C) groups is 1. The molecular formula is C26H18N6O7. The van der Waals surface area contributed by atoms with E-state index in [4.69, 9.17) is 0 Å². The molecule has 0 saturated heterocycles. The van der Waals surface area contributed by atoms with Crippen molar-refractivity contribution in [1.82, 2.24) is 0 Å². The summed E-state index contributed by atoms with van der Waals surface area (Å²) in [7, 11) is 0. The van der Waals surface area contributed by atoms with Gasteiger partial charge in [0.2, 0.25) is 0 Å². The lowest BCUT2D eigenvalue weighted by molar-refractivity contribution is -0.393. The highest BCUT2D eigenvalue weighted by Crippen LogP contribution is 2.39. The van der Waals surface area contributed by atoms with E-state index in [1.807, 2.05) is 0 Å². The molecule has 13 nitrogen and oxygen atoms in total. The van der Waals surface area contributed by atoms with E-state index in [0.29, 0.717) is 16.9 Å². The van der Waals surface area contributed by atoms with Crippen LogP contribution in [0.25, 0.3) is 0 Å². The minimum absolute atomic E-state index is 0.0742. The maximum atomic E-state index is 12.7. The number of benzene rings is 4. The van der Waals surface area contributed by atoms with Gasteiger partial charge in [0, 0.05) is 23.9 Å². The molecule has 0 unspecified atom stereocenters. The number of carbonyl (C=O) groups excluding carboxylic acids is 1. The van der Waals surface area contributed by atoms with Gasteiger partial charge >= 0.3 is 0 Å². The van der Waals surface area contributed by atoms with Crippen LogP contribution in [0.3, 0.4) is 0 Å². The molecule has 0 aliphatic heterocycles. The first-order valence-electron chi connectivity index (χ1n) is 11.2. The summed E-state index contributed by atoms with van der Waals surface area (Å²) in [5.41, 5.74) is -0.176. The minimum atomic E-state index is -0.820. The van der Waals surface area contributed by atoms with E-state index in [0.717, 1.165) is 12.1 Å². The number of nitrogens with one attached hydrogen (secondary N) is 2. The number of anilines is 3. The van der Waals surface area contributed by atoms with Crippen LogP contribution in [0.1, 0.15) is 15.9 Å². The summed E-state index contributed by atoms with van der Waals surface area (Å²) in [5.74, 6) is -0.633. The lowest BCUT2D eigenvalue weighted by atomic mass is 10.1. The van der Waals surface area contributed by atoms with E-state index in [1.54, 1.807) is 42.5 Å². The SMILES string of the molecule is O=C(Nc1cc(Nc2ccccc2N=Cc2ccc([N+](=O)[O-])cc2)c([N+](=O)[O-])cc1[N+](=O)[O-])c1ccccc1. The third-order valence-corrected chi connectivity index (χ3v) is 5.42. The molecule has 39 heavy (non-hydrogen) atoms. The molecule has 4 aromatic rings. The molecule has 13 heteroatoms. The number of rotatable bonds is 9. The Morgan fingerprint density at radius 2 is 1.31 bits per heavy atom. The number of hydrogen-bond donors (Lipinski definition) is 2. The second-order valence-corrected chi connectivity index (χ2v) is 7.97. The average molecular weight is 526 g/mol. The molecule has 0 bridgehead atoms. The first-order chi connectivity index (χ1) is 18.7. The Morgan fingerprint density at radius 3 is 1.95 bits per heavy atom. The fourth-order valence-corrected chi connectivity index (χ4v) is 3.53. The quantitative estimate of drug-likeness (QED) is 0.148. The number of nitro groups is 3. The molecule has 0 atom stereocenters. The first kappa shape index (κ1) is 26.1. The fraction of sp³-hybridized carbons (Fsp3) is 0. The van der Waals surface area contributed by atoms with E-state index in [-0.39, 0.29) is 22.6 Å². The zero-order valence-electron chi connectivity index (χ0n) is 19.9. The Bertz CT molecular complexity index is 1610.